The van der Waals surface area contributed by atoms with Crippen LogP contribution in [0, 0.1) is 5.41 Å². The van der Waals surface area contributed by atoms with Crippen molar-refractivity contribution in [2.45, 2.75) is 36.8 Å². The molecule has 1 saturated heterocycles. The maximum atomic E-state index is 9.74. The van der Waals surface area contributed by atoms with Gasteiger partial charge in [-0.05, 0) is 6.92 Å². The molecule has 0 aliphatic carbocycles. The molecule has 7 nitrogen and oxygen atoms in total. The molecule has 1 aliphatic heterocycles. The maximum Gasteiger partial charge on any atom is 0.132 e. The van der Waals surface area contributed by atoms with Crippen LogP contribution < -0.4 is 5.32 Å². The van der Waals surface area contributed by atoms with Crippen LogP contribution in [0.2, 0.25) is 0 Å². The van der Waals surface area contributed by atoms with E-state index in [1.54, 1.807) is 0 Å². The third-order valence-corrected chi connectivity index (χ3v) is 3.80. The summed E-state index contributed by atoms with van der Waals surface area (Å²) in [6, 6.07) is 0. The first-order valence-electron chi connectivity index (χ1n) is 5.74. The molecule has 106 valence electrons. The number of hydrogen-bond acceptors (Lipinski definition) is 7. The standard InChI is InChI=1S/C10H20N2O5S/c1-2-12-6(11)4-18-10-9(16)8(15)7(14)5(3-13)17-10/h5,7-10,13-16H,2-4H2,1H3,(H2,11,12). The minimum absolute atomic E-state index is 0.288. The molecule has 1 heterocycles. The highest BCUT2D eigenvalue weighted by molar-refractivity contribution is 8.00. The first-order chi connectivity index (χ1) is 8.51. The van der Waals surface area contributed by atoms with Crippen LogP contribution in [-0.4, -0.2) is 75.0 Å². The van der Waals surface area contributed by atoms with E-state index in [-0.39, 0.29) is 5.75 Å². The number of aliphatic hydroxyl groups is 4. The Morgan fingerprint density at radius 3 is 2.50 bits per heavy atom. The van der Waals surface area contributed by atoms with Crippen LogP contribution in [0.1, 0.15) is 6.92 Å². The van der Waals surface area contributed by atoms with E-state index in [4.69, 9.17) is 15.3 Å². The molecule has 18 heavy (non-hydrogen) atoms. The summed E-state index contributed by atoms with van der Waals surface area (Å²) in [4.78, 5) is 0. The topological polar surface area (TPSA) is 126 Å². The van der Waals surface area contributed by atoms with Crippen molar-refractivity contribution in [3.05, 3.63) is 0 Å². The fourth-order valence-electron chi connectivity index (χ4n) is 1.63. The fourth-order valence-corrected chi connectivity index (χ4v) is 2.65. The summed E-state index contributed by atoms with van der Waals surface area (Å²) in [5.74, 6) is 0.579. The molecule has 6 N–H and O–H groups in total. The van der Waals surface area contributed by atoms with Crippen LogP contribution in [0.15, 0.2) is 0 Å². The molecule has 1 aliphatic rings. The van der Waals surface area contributed by atoms with Crippen molar-refractivity contribution in [1.82, 2.24) is 5.32 Å². The van der Waals surface area contributed by atoms with Crippen LogP contribution in [0.3, 0.4) is 0 Å². The second-order valence-corrected chi connectivity index (χ2v) is 5.10. The lowest BCUT2D eigenvalue weighted by atomic mass is 10.0. The first kappa shape index (κ1) is 15.7. The van der Waals surface area contributed by atoms with Crippen molar-refractivity contribution < 1.29 is 25.2 Å². The highest BCUT2D eigenvalue weighted by atomic mass is 32.2. The van der Waals surface area contributed by atoms with E-state index in [2.05, 4.69) is 5.32 Å². The highest BCUT2D eigenvalue weighted by Crippen LogP contribution is 2.28. The Hall–Kier alpha value is -0.380. The lowest BCUT2D eigenvalue weighted by Gasteiger charge is -2.39. The predicted molar refractivity (Wildman–Crippen MR) is 67.6 cm³/mol. The number of hydrogen-bond donors (Lipinski definition) is 6. The monoisotopic (exact) mass is 280 g/mol. The Kier molecular flexibility index (Phi) is 6.33. The Balaban J connectivity index is 2.51. The molecule has 0 bridgehead atoms. The number of ether oxygens (including phenoxy) is 1. The summed E-state index contributed by atoms with van der Waals surface area (Å²) in [6.45, 7) is 2.06. The summed E-state index contributed by atoms with van der Waals surface area (Å²) >= 11 is 1.14. The van der Waals surface area contributed by atoms with Gasteiger partial charge in [0.15, 0.2) is 0 Å². The van der Waals surface area contributed by atoms with Gasteiger partial charge in [0.1, 0.15) is 35.7 Å². The zero-order chi connectivity index (χ0) is 13.7. The summed E-state index contributed by atoms with van der Waals surface area (Å²) in [6.07, 6.45) is -4.84. The molecule has 5 atom stereocenters. The number of nitrogens with one attached hydrogen (secondary N) is 2. The zero-order valence-corrected chi connectivity index (χ0v) is 10.9. The van der Waals surface area contributed by atoms with Crippen molar-refractivity contribution >= 4 is 17.6 Å². The maximum absolute atomic E-state index is 9.74. The van der Waals surface area contributed by atoms with Crippen LogP contribution >= 0.6 is 11.8 Å². The average molecular weight is 280 g/mol. The van der Waals surface area contributed by atoms with Gasteiger partial charge in [0.2, 0.25) is 0 Å². The third kappa shape index (κ3) is 3.81. The molecule has 8 heteroatoms. The lowest BCUT2D eigenvalue weighted by molar-refractivity contribution is -0.205. The Morgan fingerprint density at radius 2 is 1.94 bits per heavy atom. The second-order valence-electron chi connectivity index (χ2n) is 4.02. The normalized spacial score (nSPS) is 36.4. The molecular formula is C10H20N2O5S. The van der Waals surface area contributed by atoms with Crippen LogP contribution in [-0.2, 0) is 4.74 Å². The van der Waals surface area contributed by atoms with Crippen molar-refractivity contribution in [3.8, 4) is 0 Å². The molecule has 0 saturated carbocycles. The van der Waals surface area contributed by atoms with E-state index < -0.39 is 36.5 Å². The summed E-state index contributed by atoms with van der Waals surface area (Å²) in [5, 5.41) is 48.2. The molecule has 5 unspecified atom stereocenters. The van der Waals surface area contributed by atoms with Gasteiger partial charge in [-0.2, -0.15) is 0 Å². The van der Waals surface area contributed by atoms with E-state index in [1.807, 2.05) is 6.92 Å². The van der Waals surface area contributed by atoms with Gasteiger partial charge in [-0.25, -0.2) is 0 Å². The van der Waals surface area contributed by atoms with Crippen molar-refractivity contribution in [2.75, 3.05) is 18.9 Å². The average Bonchev–Trinajstić information content (AvgIpc) is 2.35. The second kappa shape index (κ2) is 7.27. The fraction of sp³-hybridized carbons (Fsp3) is 0.900. The summed E-state index contributed by atoms with van der Waals surface area (Å²) < 4.78 is 5.29. The zero-order valence-electron chi connectivity index (χ0n) is 10.1. The van der Waals surface area contributed by atoms with Crippen molar-refractivity contribution in [3.63, 3.8) is 0 Å². The molecule has 0 radical (unpaired) electrons. The van der Waals surface area contributed by atoms with Crippen molar-refractivity contribution in [1.29, 1.82) is 5.41 Å². The molecule has 0 aromatic heterocycles. The number of aliphatic hydroxyl groups excluding tert-OH is 4. The molecule has 1 rings (SSSR count). The van der Waals surface area contributed by atoms with Crippen molar-refractivity contribution in [2.24, 2.45) is 0 Å². The van der Waals surface area contributed by atoms with Gasteiger partial charge in [0, 0.05) is 6.54 Å². The predicted octanol–water partition coefficient (Wildman–Crippen LogP) is -1.89. The largest absolute Gasteiger partial charge is 0.394 e. The van der Waals surface area contributed by atoms with Gasteiger partial charge in [-0.15, -0.1) is 11.8 Å². The smallest absolute Gasteiger partial charge is 0.132 e. The molecule has 0 aromatic carbocycles. The molecule has 0 amide bonds. The first-order valence-corrected chi connectivity index (χ1v) is 6.79. The number of rotatable bonds is 5. The molecule has 0 spiro atoms. The Bertz CT molecular complexity index is 279. The lowest BCUT2D eigenvalue weighted by Crippen LogP contribution is -2.57. The van der Waals surface area contributed by atoms with E-state index in [1.165, 1.54) is 0 Å². The Morgan fingerprint density at radius 1 is 1.28 bits per heavy atom. The van der Waals surface area contributed by atoms with E-state index >= 15 is 0 Å². The minimum Gasteiger partial charge on any atom is -0.394 e. The van der Waals surface area contributed by atoms with Gasteiger partial charge < -0.3 is 30.5 Å². The van der Waals surface area contributed by atoms with Crippen LogP contribution in [0.25, 0.3) is 0 Å². The highest BCUT2D eigenvalue weighted by Gasteiger charge is 2.43. The SMILES string of the molecule is CCNC(=N)CSC1OC(CO)C(O)C(O)C1O. The van der Waals surface area contributed by atoms with Gasteiger partial charge in [-0.1, -0.05) is 0 Å². The number of amidine groups is 1. The van der Waals surface area contributed by atoms with Gasteiger partial charge in [-0.3, -0.25) is 5.41 Å². The van der Waals surface area contributed by atoms with Gasteiger partial charge in [0.25, 0.3) is 0 Å². The van der Waals surface area contributed by atoms with Crippen LogP contribution in [0.4, 0.5) is 0 Å². The van der Waals surface area contributed by atoms with Gasteiger partial charge >= 0.3 is 0 Å². The molecule has 1 fully saturated rings. The van der Waals surface area contributed by atoms with Gasteiger partial charge in [0.05, 0.1) is 12.4 Å². The molecular weight excluding hydrogens is 260 g/mol. The van der Waals surface area contributed by atoms with Crippen LogP contribution in [0.5, 0.6) is 0 Å². The summed E-state index contributed by atoms with van der Waals surface area (Å²) in [7, 11) is 0. The summed E-state index contributed by atoms with van der Waals surface area (Å²) in [5.41, 5.74) is -0.778. The van der Waals surface area contributed by atoms with E-state index in [0.717, 1.165) is 11.8 Å². The van der Waals surface area contributed by atoms with E-state index in [9.17, 15) is 15.3 Å². The molecule has 0 aromatic rings. The van der Waals surface area contributed by atoms with E-state index in [0.29, 0.717) is 12.4 Å². The number of thioether (sulfide) groups is 1. The Labute approximate surface area is 110 Å². The third-order valence-electron chi connectivity index (χ3n) is 2.63. The minimum atomic E-state index is -1.36. The quantitative estimate of drug-likeness (QED) is 0.257.